The smallest absolute Gasteiger partial charge is 0.128 e. The lowest BCUT2D eigenvalue weighted by Gasteiger charge is -2.05. The van der Waals surface area contributed by atoms with Gasteiger partial charge in [-0.15, -0.1) is 0 Å². The Hall–Kier alpha value is -0.700. The zero-order valence-corrected chi connectivity index (χ0v) is 7.92. The van der Waals surface area contributed by atoms with Crippen molar-refractivity contribution in [2.45, 2.75) is 5.92 Å². The fourth-order valence-corrected chi connectivity index (χ4v) is 1.47. The third kappa shape index (κ3) is 2.14. The number of hydrogen-bond acceptors (Lipinski definition) is 1. The molecular weight excluding hydrogens is 223 g/mol. The maximum Gasteiger partial charge on any atom is 0.128 e. The van der Waals surface area contributed by atoms with Crippen molar-refractivity contribution < 1.29 is 9.18 Å². The highest BCUT2D eigenvalue weighted by molar-refractivity contribution is 9.09. The van der Waals surface area contributed by atoms with Gasteiger partial charge in [-0.1, -0.05) is 28.1 Å². The summed E-state index contributed by atoms with van der Waals surface area (Å²) in [5.74, 6) is -0.555. The first-order valence-corrected chi connectivity index (χ1v) is 4.67. The lowest BCUT2D eigenvalue weighted by atomic mass is 10.0. The van der Waals surface area contributed by atoms with Gasteiger partial charge in [-0.25, -0.2) is 4.39 Å². The maximum absolute atomic E-state index is 12.7. The first-order valence-electron chi connectivity index (χ1n) is 3.54. The van der Waals surface area contributed by atoms with Gasteiger partial charge in [0.05, 0.1) is 0 Å². The van der Waals surface area contributed by atoms with E-state index in [1.54, 1.807) is 12.1 Å². The number of carbonyl (C=O) groups excluding carboxylic acids is 1. The van der Waals surface area contributed by atoms with Crippen molar-refractivity contribution in [1.29, 1.82) is 0 Å². The molecule has 0 amide bonds. The topological polar surface area (TPSA) is 17.1 Å². The third-order valence-electron chi connectivity index (χ3n) is 1.61. The van der Waals surface area contributed by atoms with Crippen LogP contribution in [-0.4, -0.2) is 11.6 Å². The highest BCUT2D eigenvalue weighted by Crippen LogP contribution is 2.16. The van der Waals surface area contributed by atoms with Crippen LogP contribution in [0.25, 0.3) is 0 Å². The fraction of sp³-hybridized carbons (Fsp3) is 0.222. The minimum atomic E-state index is -0.305. The number of hydrogen-bond donors (Lipinski definition) is 0. The first kappa shape index (κ1) is 9.39. The highest BCUT2D eigenvalue weighted by Gasteiger charge is 2.08. The van der Waals surface area contributed by atoms with Crippen LogP contribution in [0.2, 0.25) is 0 Å². The molecule has 3 heteroatoms. The summed E-state index contributed by atoms with van der Waals surface area (Å²) in [7, 11) is 0. The van der Waals surface area contributed by atoms with Crippen molar-refractivity contribution in [3.05, 3.63) is 35.6 Å². The molecule has 0 aliphatic rings. The van der Waals surface area contributed by atoms with E-state index in [1.807, 2.05) is 0 Å². The molecule has 1 aromatic carbocycles. The van der Waals surface area contributed by atoms with Crippen LogP contribution in [0.5, 0.6) is 0 Å². The number of benzene rings is 1. The summed E-state index contributed by atoms with van der Waals surface area (Å²) in [5, 5.41) is 0.528. The molecule has 0 saturated heterocycles. The van der Waals surface area contributed by atoms with Gasteiger partial charge in [-0.3, -0.25) is 0 Å². The normalized spacial score (nSPS) is 12.5. The average molecular weight is 231 g/mol. The Balaban J connectivity index is 2.93. The summed E-state index contributed by atoms with van der Waals surface area (Å²) in [6.45, 7) is 0. The van der Waals surface area contributed by atoms with Crippen molar-refractivity contribution in [3.63, 3.8) is 0 Å². The molecule has 0 saturated carbocycles. The number of halogens is 2. The number of aldehydes is 1. The molecule has 0 N–H and O–H groups in total. The van der Waals surface area contributed by atoms with Crippen LogP contribution in [0.4, 0.5) is 4.39 Å². The van der Waals surface area contributed by atoms with Crippen molar-refractivity contribution in [3.8, 4) is 0 Å². The molecule has 0 spiro atoms. The number of alkyl halides is 1. The summed E-state index contributed by atoms with van der Waals surface area (Å²) >= 11 is 3.18. The Labute approximate surface area is 78.7 Å². The van der Waals surface area contributed by atoms with Crippen molar-refractivity contribution in [1.82, 2.24) is 0 Å². The van der Waals surface area contributed by atoms with E-state index in [1.165, 1.54) is 12.1 Å². The quantitative estimate of drug-likeness (QED) is 0.577. The zero-order chi connectivity index (χ0) is 8.97. The predicted octanol–water partition coefficient (Wildman–Crippen LogP) is 2.50. The summed E-state index contributed by atoms with van der Waals surface area (Å²) < 4.78 is 12.7. The molecule has 1 atom stereocenters. The molecule has 64 valence electrons. The molecule has 0 fully saturated rings. The lowest BCUT2D eigenvalue weighted by molar-refractivity contribution is -0.108. The number of rotatable bonds is 3. The number of carbonyl (C=O) groups is 1. The van der Waals surface area contributed by atoms with Gasteiger partial charge in [0.1, 0.15) is 12.1 Å². The van der Waals surface area contributed by atoms with Gasteiger partial charge in [0.15, 0.2) is 0 Å². The second kappa shape index (κ2) is 4.36. The Morgan fingerprint density at radius 2 is 2.33 bits per heavy atom. The van der Waals surface area contributed by atoms with Gasteiger partial charge in [0.2, 0.25) is 0 Å². The van der Waals surface area contributed by atoms with E-state index in [4.69, 9.17) is 0 Å². The SMILES string of the molecule is O=CC(CBr)c1cccc(F)c1. The molecule has 0 aliphatic carbocycles. The predicted molar refractivity (Wildman–Crippen MR) is 49.0 cm³/mol. The maximum atomic E-state index is 12.7. The monoisotopic (exact) mass is 230 g/mol. The van der Waals surface area contributed by atoms with E-state index in [2.05, 4.69) is 15.9 Å². The van der Waals surface area contributed by atoms with Crippen LogP contribution in [0.3, 0.4) is 0 Å². The molecule has 1 nitrogen and oxygen atoms in total. The van der Waals surface area contributed by atoms with E-state index in [0.29, 0.717) is 10.9 Å². The average Bonchev–Trinajstić information content (AvgIpc) is 2.07. The van der Waals surface area contributed by atoms with Crippen LogP contribution in [0.1, 0.15) is 11.5 Å². The van der Waals surface area contributed by atoms with Crippen LogP contribution in [0, 0.1) is 5.82 Å². The van der Waals surface area contributed by atoms with Crippen molar-refractivity contribution in [2.75, 3.05) is 5.33 Å². The molecule has 0 radical (unpaired) electrons. The Bertz CT molecular complexity index is 275. The zero-order valence-electron chi connectivity index (χ0n) is 6.34. The van der Waals surface area contributed by atoms with E-state index in [0.717, 1.165) is 6.29 Å². The largest absolute Gasteiger partial charge is 0.303 e. The van der Waals surface area contributed by atoms with Crippen molar-refractivity contribution in [2.24, 2.45) is 0 Å². The Morgan fingerprint density at radius 1 is 1.58 bits per heavy atom. The third-order valence-corrected chi connectivity index (χ3v) is 2.30. The standard InChI is InChI=1S/C9H8BrFO/c10-5-8(6-12)7-2-1-3-9(11)4-7/h1-4,6,8H,5H2. The molecule has 1 aromatic rings. The summed E-state index contributed by atoms with van der Waals surface area (Å²) in [5.41, 5.74) is 0.710. The van der Waals surface area contributed by atoms with Gasteiger partial charge in [0, 0.05) is 11.2 Å². The van der Waals surface area contributed by atoms with E-state index in [-0.39, 0.29) is 11.7 Å². The second-order valence-electron chi connectivity index (χ2n) is 2.45. The van der Waals surface area contributed by atoms with E-state index < -0.39 is 0 Å². The van der Waals surface area contributed by atoms with E-state index in [9.17, 15) is 9.18 Å². The van der Waals surface area contributed by atoms with Gasteiger partial charge in [0.25, 0.3) is 0 Å². The van der Waals surface area contributed by atoms with Gasteiger partial charge >= 0.3 is 0 Å². The Kier molecular flexibility index (Phi) is 3.41. The van der Waals surface area contributed by atoms with Gasteiger partial charge in [-0.2, -0.15) is 0 Å². The van der Waals surface area contributed by atoms with Crippen molar-refractivity contribution >= 4 is 22.2 Å². The highest BCUT2D eigenvalue weighted by atomic mass is 79.9. The summed E-state index contributed by atoms with van der Waals surface area (Å²) in [6, 6.07) is 6.08. The molecule has 0 heterocycles. The second-order valence-corrected chi connectivity index (χ2v) is 3.10. The molecule has 0 aromatic heterocycles. The van der Waals surface area contributed by atoms with Crippen LogP contribution in [-0.2, 0) is 4.79 Å². The van der Waals surface area contributed by atoms with Crippen LogP contribution < -0.4 is 0 Å². The summed E-state index contributed by atoms with van der Waals surface area (Å²) in [6.07, 6.45) is 0.809. The van der Waals surface area contributed by atoms with Gasteiger partial charge < -0.3 is 4.79 Å². The lowest BCUT2D eigenvalue weighted by Crippen LogP contribution is -2.01. The molecule has 12 heavy (non-hydrogen) atoms. The first-order chi connectivity index (χ1) is 5.77. The summed E-state index contributed by atoms with van der Waals surface area (Å²) in [4.78, 5) is 10.5. The van der Waals surface area contributed by atoms with Crippen LogP contribution in [0.15, 0.2) is 24.3 Å². The molecule has 0 aliphatic heterocycles. The molecule has 1 rings (SSSR count). The molecule has 0 bridgehead atoms. The van der Waals surface area contributed by atoms with Crippen LogP contribution >= 0.6 is 15.9 Å². The van der Waals surface area contributed by atoms with Gasteiger partial charge in [-0.05, 0) is 17.7 Å². The minimum absolute atomic E-state index is 0.249. The minimum Gasteiger partial charge on any atom is -0.303 e. The molecule has 1 unspecified atom stereocenters. The van der Waals surface area contributed by atoms with E-state index >= 15 is 0 Å². The fourth-order valence-electron chi connectivity index (χ4n) is 0.941. The molecular formula is C9H8BrFO. The Morgan fingerprint density at radius 3 is 2.83 bits per heavy atom.